The molecule has 0 aliphatic carbocycles. The number of hydrogen-bond acceptors (Lipinski definition) is 2. The second-order valence-electron chi connectivity index (χ2n) is 4.50. The first-order chi connectivity index (χ1) is 8.74. The summed E-state index contributed by atoms with van der Waals surface area (Å²) in [6, 6.07) is 16.2. The molecule has 0 aromatic heterocycles. The van der Waals surface area contributed by atoms with E-state index in [4.69, 9.17) is 5.73 Å². The number of nitrogens with one attached hydrogen (secondary N) is 1. The summed E-state index contributed by atoms with van der Waals surface area (Å²) in [4.78, 5) is 11.4. The van der Waals surface area contributed by atoms with Crippen molar-refractivity contribution in [3.8, 4) is 11.1 Å². The molecule has 1 atom stereocenters. The van der Waals surface area contributed by atoms with Crippen molar-refractivity contribution in [2.45, 2.75) is 12.6 Å². The number of nitrogens with two attached hydrogens (primary N) is 1. The van der Waals surface area contributed by atoms with Crippen molar-refractivity contribution >= 4 is 5.91 Å². The van der Waals surface area contributed by atoms with Gasteiger partial charge in [-0.1, -0.05) is 42.5 Å². The number of amides is 1. The van der Waals surface area contributed by atoms with Crippen LogP contribution in [0.4, 0.5) is 0 Å². The fourth-order valence-electron chi connectivity index (χ4n) is 2.33. The summed E-state index contributed by atoms with van der Waals surface area (Å²) in [5, 5.41) is 2.75. The van der Waals surface area contributed by atoms with Crippen LogP contribution in [0.2, 0.25) is 0 Å². The van der Waals surface area contributed by atoms with E-state index in [1.54, 1.807) is 0 Å². The molecule has 1 amide bonds. The van der Waals surface area contributed by atoms with Gasteiger partial charge in [-0.25, -0.2) is 0 Å². The van der Waals surface area contributed by atoms with Gasteiger partial charge in [0.15, 0.2) is 0 Å². The van der Waals surface area contributed by atoms with Crippen LogP contribution in [0, 0.1) is 0 Å². The van der Waals surface area contributed by atoms with Crippen molar-refractivity contribution in [1.29, 1.82) is 0 Å². The minimum atomic E-state index is -0.398. The molecular formula is C15H14N2O. The summed E-state index contributed by atoms with van der Waals surface area (Å²) in [5.74, 6) is -0.0116. The van der Waals surface area contributed by atoms with Gasteiger partial charge in [0, 0.05) is 0 Å². The first-order valence-electron chi connectivity index (χ1n) is 5.97. The van der Waals surface area contributed by atoms with Gasteiger partial charge in [0.25, 0.3) is 0 Å². The Morgan fingerprint density at radius 2 is 1.83 bits per heavy atom. The molecular weight excluding hydrogens is 224 g/mol. The topological polar surface area (TPSA) is 55.1 Å². The number of carbonyl (C=O) groups is 1. The summed E-state index contributed by atoms with van der Waals surface area (Å²) >= 11 is 0. The Morgan fingerprint density at radius 1 is 1.06 bits per heavy atom. The maximum atomic E-state index is 11.4. The third-order valence-corrected chi connectivity index (χ3v) is 3.26. The standard InChI is InChI=1S/C15H14N2O/c16-15-13-8-11(10-4-2-1-3-5-10)6-7-12(13)9-14(18)17-15/h1-8,15H,9,16H2,(H,17,18). The molecule has 0 spiro atoms. The van der Waals surface area contributed by atoms with Gasteiger partial charge in [-0.15, -0.1) is 0 Å². The summed E-state index contributed by atoms with van der Waals surface area (Å²) in [6.45, 7) is 0. The molecule has 18 heavy (non-hydrogen) atoms. The monoisotopic (exact) mass is 238 g/mol. The lowest BCUT2D eigenvalue weighted by Gasteiger charge is -2.24. The Morgan fingerprint density at radius 3 is 2.61 bits per heavy atom. The van der Waals surface area contributed by atoms with Crippen molar-refractivity contribution < 1.29 is 4.79 Å². The molecule has 90 valence electrons. The van der Waals surface area contributed by atoms with E-state index in [1.165, 1.54) is 0 Å². The third-order valence-electron chi connectivity index (χ3n) is 3.26. The molecule has 1 heterocycles. The highest BCUT2D eigenvalue weighted by Crippen LogP contribution is 2.27. The molecule has 0 radical (unpaired) electrons. The second kappa shape index (κ2) is 4.27. The van der Waals surface area contributed by atoms with Gasteiger partial charge in [0.2, 0.25) is 5.91 Å². The van der Waals surface area contributed by atoms with Crippen LogP contribution in [0.1, 0.15) is 17.3 Å². The highest BCUT2D eigenvalue weighted by Gasteiger charge is 2.21. The molecule has 1 unspecified atom stereocenters. The lowest BCUT2D eigenvalue weighted by molar-refractivity contribution is -0.121. The van der Waals surface area contributed by atoms with Gasteiger partial charge in [-0.2, -0.15) is 0 Å². The maximum absolute atomic E-state index is 11.4. The zero-order valence-corrected chi connectivity index (χ0v) is 9.89. The summed E-state index contributed by atoms with van der Waals surface area (Å²) in [5.41, 5.74) is 10.3. The lowest BCUT2D eigenvalue weighted by Crippen LogP contribution is -2.39. The largest absolute Gasteiger partial charge is 0.337 e. The molecule has 3 N–H and O–H groups in total. The van der Waals surface area contributed by atoms with Crippen molar-refractivity contribution in [3.05, 3.63) is 59.7 Å². The molecule has 2 aromatic rings. The zero-order valence-electron chi connectivity index (χ0n) is 9.89. The smallest absolute Gasteiger partial charge is 0.225 e. The van der Waals surface area contributed by atoms with Gasteiger partial charge in [0.05, 0.1) is 6.42 Å². The predicted molar refractivity (Wildman–Crippen MR) is 70.7 cm³/mol. The number of rotatable bonds is 1. The number of fused-ring (bicyclic) bond motifs is 1. The van der Waals surface area contributed by atoms with Gasteiger partial charge < -0.3 is 11.1 Å². The van der Waals surface area contributed by atoms with E-state index >= 15 is 0 Å². The van der Waals surface area contributed by atoms with Gasteiger partial charge >= 0.3 is 0 Å². The normalized spacial score (nSPS) is 18.1. The van der Waals surface area contributed by atoms with E-state index in [0.717, 1.165) is 22.3 Å². The van der Waals surface area contributed by atoms with Crippen LogP contribution >= 0.6 is 0 Å². The van der Waals surface area contributed by atoms with E-state index in [9.17, 15) is 4.79 Å². The average molecular weight is 238 g/mol. The van der Waals surface area contributed by atoms with E-state index in [0.29, 0.717) is 6.42 Å². The van der Waals surface area contributed by atoms with Crippen LogP contribution < -0.4 is 11.1 Å². The molecule has 0 bridgehead atoms. The Hall–Kier alpha value is -2.13. The predicted octanol–water partition coefficient (Wildman–Crippen LogP) is 1.98. The molecule has 1 aliphatic heterocycles. The van der Waals surface area contributed by atoms with Gasteiger partial charge in [0.1, 0.15) is 6.17 Å². The van der Waals surface area contributed by atoms with Crippen molar-refractivity contribution in [1.82, 2.24) is 5.32 Å². The molecule has 0 saturated heterocycles. The molecule has 3 nitrogen and oxygen atoms in total. The van der Waals surface area contributed by atoms with Crippen LogP contribution in [-0.4, -0.2) is 5.91 Å². The Bertz CT molecular complexity index is 593. The van der Waals surface area contributed by atoms with E-state index < -0.39 is 6.17 Å². The molecule has 3 rings (SSSR count). The quantitative estimate of drug-likeness (QED) is 0.798. The summed E-state index contributed by atoms with van der Waals surface area (Å²) in [6.07, 6.45) is 0.0166. The van der Waals surface area contributed by atoms with Crippen LogP contribution in [0.3, 0.4) is 0 Å². The summed E-state index contributed by atoms with van der Waals surface area (Å²) in [7, 11) is 0. The second-order valence-corrected chi connectivity index (χ2v) is 4.50. The van der Waals surface area contributed by atoms with Gasteiger partial charge in [-0.05, 0) is 28.3 Å². The van der Waals surface area contributed by atoms with Crippen LogP contribution in [0.5, 0.6) is 0 Å². The highest BCUT2D eigenvalue weighted by molar-refractivity contribution is 5.82. The lowest BCUT2D eigenvalue weighted by atomic mass is 9.93. The Balaban J connectivity index is 2.06. The van der Waals surface area contributed by atoms with Crippen molar-refractivity contribution in [2.75, 3.05) is 0 Å². The number of carbonyl (C=O) groups excluding carboxylic acids is 1. The van der Waals surface area contributed by atoms with E-state index in [2.05, 4.69) is 23.5 Å². The molecule has 3 heteroatoms. The minimum Gasteiger partial charge on any atom is -0.337 e. The Labute approximate surface area is 106 Å². The van der Waals surface area contributed by atoms with Crippen LogP contribution in [0.25, 0.3) is 11.1 Å². The number of hydrogen-bond donors (Lipinski definition) is 2. The first kappa shape index (κ1) is 11.0. The average Bonchev–Trinajstić information content (AvgIpc) is 2.39. The minimum absolute atomic E-state index is 0.0116. The maximum Gasteiger partial charge on any atom is 0.225 e. The molecule has 0 fully saturated rings. The van der Waals surface area contributed by atoms with Crippen LogP contribution in [0.15, 0.2) is 48.5 Å². The Kier molecular flexibility index (Phi) is 2.61. The van der Waals surface area contributed by atoms with E-state index in [-0.39, 0.29) is 5.91 Å². The SMILES string of the molecule is NC1NC(=O)Cc2ccc(-c3ccccc3)cc21. The number of benzene rings is 2. The fraction of sp³-hybridized carbons (Fsp3) is 0.133. The zero-order chi connectivity index (χ0) is 12.5. The van der Waals surface area contributed by atoms with Crippen molar-refractivity contribution in [2.24, 2.45) is 5.73 Å². The van der Waals surface area contributed by atoms with Gasteiger partial charge in [-0.3, -0.25) is 4.79 Å². The molecule has 0 saturated carbocycles. The molecule has 1 aliphatic rings. The highest BCUT2D eigenvalue weighted by atomic mass is 16.1. The third kappa shape index (κ3) is 1.89. The van der Waals surface area contributed by atoms with E-state index in [1.807, 2.05) is 30.3 Å². The summed E-state index contributed by atoms with van der Waals surface area (Å²) < 4.78 is 0. The van der Waals surface area contributed by atoms with Crippen molar-refractivity contribution in [3.63, 3.8) is 0 Å². The fourth-order valence-corrected chi connectivity index (χ4v) is 2.33. The first-order valence-corrected chi connectivity index (χ1v) is 5.97. The molecule has 2 aromatic carbocycles. The van der Waals surface area contributed by atoms with Crippen LogP contribution in [-0.2, 0) is 11.2 Å².